The number of aliphatic carboxylic acids is 1. The van der Waals surface area contributed by atoms with Gasteiger partial charge in [-0.3, -0.25) is 4.79 Å². The van der Waals surface area contributed by atoms with E-state index in [0.717, 1.165) is 16.5 Å². The number of rotatable bonds is 5. The highest BCUT2D eigenvalue weighted by molar-refractivity contribution is 5.78. The third-order valence-electron chi connectivity index (χ3n) is 3.49. The molecule has 5 heteroatoms. The predicted octanol–water partition coefficient (Wildman–Crippen LogP) is 2.98. The molecule has 0 aliphatic heterocycles. The van der Waals surface area contributed by atoms with E-state index in [9.17, 15) is 4.79 Å². The summed E-state index contributed by atoms with van der Waals surface area (Å²) >= 11 is 0. The van der Waals surface area contributed by atoms with Gasteiger partial charge < -0.3 is 15.6 Å². The van der Waals surface area contributed by atoms with Crippen LogP contribution in [0.5, 0.6) is 11.6 Å². The van der Waals surface area contributed by atoms with Gasteiger partial charge in [0, 0.05) is 11.5 Å². The number of benzene rings is 2. The zero-order valence-electron chi connectivity index (χ0n) is 12.3. The first-order valence-electron chi connectivity index (χ1n) is 7.23. The fraction of sp³-hybridized carbons (Fsp3) is 0.111. The molecular weight excluding hydrogens is 292 g/mol. The van der Waals surface area contributed by atoms with Gasteiger partial charge in [-0.05, 0) is 36.2 Å². The second-order valence-corrected chi connectivity index (χ2v) is 5.24. The second-order valence-electron chi connectivity index (χ2n) is 5.24. The van der Waals surface area contributed by atoms with Crippen LogP contribution in [0.3, 0.4) is 0 Å². The van der Waals surface area contributed by atoms with Gasteiger partial charge in [0.25, 0.3) is 0 Å². The van der Waals surface area contributed by atoms with E-state index >= 15 is 0 Å². The van der Waals surface area contributed by atoms with Crippen LogP contribution in [-0.2, 0) is 11.2 Å². The second kappa shape index (κ2) is 6.46. The van der Waals surface area contributed by atoms with E-state index in [1.807, 2.05) is 36.4 Å². The van der Waals surface area contributed by atoms with Crippen molar-refractivity contribution >= 4 is 16.9 Å². The van der Waals surface area contributed by atoms with Gasteiger partial charge in [0.15, 0.2) is 0 Å². The Morgan fingerprint density at radius 1 is 1.09 bits per heavy atom. The van der Waals surface area contributed by atoms with Crippen LogP contribution in [0.1, 0.15) is 5.56 Å². The minimum absolute atomic E-state index is 0.282. The standard InChI is InChI=1S/C18H16N2O3/c19-15(18(21)22)11-12-5-8-14(9-6-12)23-17-10-7-13-3-1-2-4-16(13)20-17/h1-10,15H,11,19H2,(H,21,22). The third kappa shape index (κ3) is 3.64. The minimum atomic E-state index is -1.01. The van der Waals surface area contributed by atoms with Crippen LogP contribution in [0.2, 0.25) is 0 Å². The summed E-state index contributed by atoms with van der Waals surface area (Å²) in [5.74, 6) is 0.143. The quantitative estimate of drug-likeness (QED) is 0.757. The van der Waals surface area contributed by atoms with Crippen LogP contribution < -0.4 is 10.5 Å². The number of nitrogens with two attached hydrogens (primary N) is 1. The summed E-state index contributed by atoms with van der Waals surface area (Å²) in [6, 6.07) is 17.9. The van der Waals surface area contributed by atoms with Gasteiger partial charge in [0.05, 0.1) is 5.52 Å². The van der Waals surface area contributed by atoms with Gasteiger partial charge in [-0.15, -0.1) is 0 Å². The Labute approximate surface area is 133 Å². The van der Waals surface area contributed by atoms with Gasteiger partial charge >= 0.3 is 5.97 Å². The van der Waals surface area contributed by atoms with Crippen molar-refractivity contribution in [3.63, 3.8) is 0 Å². The van der Waals surface area contributed by atoms with Crippen molar-refractivity contribution in [1.82, 2.24) is 4.98 Å². The van der Waals surface area contributed by atoms with Crippen molar-refractivity contribution < 1.29 is 14.6 Å². The van der Waals surface area contributed by atoms with Crippen LogP contribution in [0.25, 0.3) is 10.9 Å². The van der Waals surface area contributed by atoms with Gasteiger partial charge in [-0.1, -0.05) is 30.3 Å². The number of para-hydroxylation sites is 1. The number of pyridine rings is 1. The van der Waals surface area contributed by atoms with Crippen LogP contribution >= 0.6 is 0 Å². The zero-order valence-corrected chi connectivity index (χ0v) is 12.3. The Balaban J connectivity index is 1.73. The average molecular weight is 308 g/mol. The number of aromatic nitrogens is 1. The Bertz CT molecular complexity index is 831. The van der Waals surface area contributed by atoms with Gasteiger partial charge in [0.1, 0.15) is 11.8 Å². The van der Waals surface area contributed by atoms with Crippen molar-refractivity contribution in [2.75, 3.05) is 0 Å². The van der Waals surface area contributed by atoms with Crippen molar-refractivity contribution in [1.29, 1.82) is 0 Å². The van der Waals surface area contributed by atoms with Crippen LogP contribution in [-0.4, -0.2) is 22.1 Å². The minimum Gasteiger partial charge on any atom is -0.480 e. The number of hydrogen-bond acceptors (Lipinski definition) is 4. The lowest BCUT2D eigenvalue weighted by Gasteiger charge is -2.08. The maximum atomic E-state index is 10.8. The number of carboxylic acids is 1. The SMILES string of the molecule is NC(Cc1ccc(Oc2ccc3ccccc3n2)cc1)C(=O)O. The summed E-state index contributed by atoms with van der Waals surface area (Å²) in [7, 11) is 0. The number of carbonyl (C=O) groups is 1. The molecule has 3 N–H and O–H groups in total. The van der Waals surface area contributed by atoms with Gasteiger partial charge in [-0.2, -0.15) is 0 Å². The maximum absolute atomic E-state index is 10.8. The molecule has 0 saturated carbocycles. The molecule has 1 aromatic heterocycles. The highest BCUT2D eigenvalue weighted by Gasteiger charge is 2.12. The molecule has 3 rings (SSSR count). The van der Waals surface area contributed by atoms with Gasteiger partial charge in [0.2, 0.25) is 5.88 Å². The largest absolute Gasteiger partial charge is 0.480 e. The maximum Gasteiger partial charge on any atom is 0.320 e. The normalized spacial score (nSPS) is 12.0. The van der Waals surface area contributed by atoms with E-state index in [0.29, 0.717) is 11.6 Å². The van der Waals surface area contributed by atoms with Crippen LogP contribution in [0.4, 0.5) is 0 Å². The first-order valence-corrected chi connectivity index (χ1v) is 7.23. The van der Waals surface area contributed by atoms with E-state index in [1.165, 1.54) is 0 Å². The number of ether oxygens (including phenoxy) is 1. The molecule has 2 aromatic carbocycles. The molecule has 116 valence electrons. The van der Waals surface area contributed by atoms with Crippen LogP contribution in [0, 0.1) is 0 Å². The van der Waals surface area contributed by atoms with E-state index in [1.54, 1.807) is 24.3 Å². The first kappa shape index (κ1) is 15.0. The Kier molecular flexibility index (Phi) is 4.21. The van der Waals surface area contributed by atoms with Crippen LogP contribution in [0.15, 0.2) is 60.7 Å². The zero-order chi connectivity index (χ0) is 16.2. The fourth-order valence-corrected chi connectivity index (χ4v) is 2.26. The molecule has 0 aliphatic rings. The van der Waals surface area contributed by atoms with Crippen molar-refractivity contribution in [3.8, 4) is 11.6 Å². The lowest BCUT2D eigenvalue weighted by atomic mass is 10.1. The first-order chi connectivity index (χ1) is 11.1. The molecule has 0 bridgehead atoms. The molecule has 1 heterocycles. The molecule has 0 fully saturated rings. The summed E-state index contributed by atoms with van der Waals surface area (Å²) < 4.78 is 5.74. The topological polar surface area (TPSA) is 85.4 Å². The molecule has 0 aliphatic carbocycles. The lowest BCUT2D eigenvalue weighted by molar-refractivity contribution is -0.138. The fourth-order valence-electron chi connectivity index (χ4n) is 2.26. The number of carboxylic acid groups (broad SMARTS) is 1. The highest BCUT2D eigenvalue weighted by Crippen LogP contribution is 2.22. The molecule has 0 saturated heterocycles. The van der Waals surface area contributed by atoms with E-state index < -0.39 is 12.0 Å². The van der Waals surface area contributed by atoms with Crippen molar-refractivity contribution in [3.05, 3.63) is 66.2 Å². The van der Waals surface area contributed by atoms with Gasteiger partial charge in [-0.25, -0.2) is 4.98 Å². The molecule has 1 atom stereocenters. The van der Waals surface area contributed by atoms with Crippen molar-refractivity contribution in [2.24, 2.45) is 5.73 Å². The summed E-state index contributed by atoms with van der Waals surface area (Å²) in [6.45, 7) is 0. The summed E-state index contributed by atoms with van der Waals surface area (Å²) in [5, 5.41) is 9.87. The number of fused-ring (bicyclic) bond motifs is 1. The van der Waals surface area contributed by atoms with Crippen molar-refractivity contribution in [2.45, 2.75) is 12.5 Å². The van der Waals surface area contributed by atoms with E-state index in [4.69, 9.17) is 15.6 Å². The molecular formula is C18H16N2O3. The summed E-state index contributed by atoms with van der Waals surface area (Å²) in [6.07, 6.45) is 0.282. The third-order valence-corrected chi connectivity index (χ3v) is 3.49. The van der Waals surface area contributed by atoms with E-state index in [-0.39, 0.29) is 6.42 Å². The molecule has 0 radical (unpaired) electrons. The molecule has 0 amide bonds. The molecule has 3 aromatic rings. The highest BCUT2D eigenvalue weighted by atomic mass is 16.5. The molecule has 1 unspecified atom stereocenters. The molecule has 5 nitrogen and oxygen atoms in total. The Morgan fingerprint density at radius 2 is 1.83 bits per heavy atom. The average Bonchev–Trinajstić information content (AvgIpc) is 2.56. The summed E-state index contributed by atoms with van der Waals surface area (Å²) in [5.41, 5.74) is 7.24. The monoisotopic (exact) mass is 308 g/mol. The number of hydrogen-bond donors (Lipinski definition) is 2. The smallest absolute Gasteiger partial charge is 0.320 e. The Hall–Kier alpha value is -2.92. The summed E-state index contributed by atoms with van der Waals surface area (Å²) in [4.78, 5) is 15.2. The Morgan fingerprint density at radius 3 is 2.57 bits per heavy atom. The number of nitrogens with zero attached hydrogens (tertiary/aromatic N) is 1. The molecule has 0 spiro atoms. The lowest BCUT2D eigenvalue weighted by Crippen LogP contribution is -2.32. The van der Waals surface area contributed by atoms with E-state index in [2.05, 4.69) is 4.98 Å². The predicted molar refractivity (Wildman–Crippen MR) is 87.6 cm³/mol. The molecule has 23 heavy (non-hydrogen) atoms.